The maximum absolute atomic E-state index is 4.88. The molecule has 0 saturated carbocycles. The Morgan fingerprint density at radius 3 is 2.06 bits per heavy atom. The Labute approximate surface area is 280 Å². The number of rotatable bonds is 3. The summed E-state index contributed by atoms with van der Waals surface area (Å²) in [5.41, 5.74) is 14.5. The molecule has 0 aliphatic carbocycles. The third-order valence-corrected chi connectivity index (χ3v) is 10.2. The average molecular weight is 626 g/mol. The molecule has 0 bridgehead atoms. The van der Waals surface area contributed by atoms with Gasteiger partial charge in [0.15, 0.2) is 5.65 Å². The fraction of sp³-hybridized carbons (Fsp3) is 0.0227. The van der Waals surface area contributed by atoms with Crippen LogP contribution in [0.5, 0.6) is 0 Å². The fourth-order valence-corrected chi connectivity index (χ4v) is 8.13. The average Bonchev–Trinajstić information content (AvgIpc) is 3.79. The first kappa shape index (κ1) is 26.5. The van der Waals surface area contributed by atoms with Gasteiger partial charge in [0.2, 0.25) is 0 Å². The van der Waals surface area contributed by atoms with E-state index < -0.39 is 0 Å². The van der Waals surface area contributed by atoms with Crippen molar-refractivity contribution >= 4 is 71.1 Å². The van der Waals surface area contributed by atoms with Crippen LogP contribution in [-0.4, -0.2) is 23.9 Å². The van der Waals surface area contributed by atoms with E-state index in [1.165, 1.54) is 49.2 Å². The smallest absolute Gasteiger partial charge is 0.159 e. The number of aryl methyl sites for hydroxylation is 1. The largest absolute Gasteiger partial charge is 0.308 e. The van der Waals surface area contributed by atoms with Crippen LogP contribution in [0.2, 0.25) is 0 Å². The van der Waals surface area contributed by atoms with E-state index >= 15 is 0 Å². The lowest BCUT2D eigenvalue weighted by Gasteiger charge is -2.09. The standard InChI is InChI=1S/C44H27N5/c1-26-21-33(32-12-7-20-46-44(32)47-26)28-16-18-39-34(23-28)36-25-29(24-35-31-11-5-6-13-38(31)49(39)43(35)36)27-15-17-40-37(22-27)42-41(14-8-19-45-42)48(40)30-9-3-2-4-10-30/h2-25H,1H3. The first-order valence-electron chi connectivity index (χ1n) is 16.6. The molecule has 0 atom stereocenters. The summed E-state index contributed by atoms with van der Waals surface area (Å²) in [5.74, 6) is 0. The molecule has 6 aromatic heterocycles. The van der Waals surface area contributed by atoms with E-state index in [1.54, 1.807) is 0 Å². The van der Waals surface area contributed by atoms with Crippen LogP contribution >= 0.6 is 0 Å². The Morgan fingerprint density at radius 1 is 0.469 bits per heavy atom. The lowest BCUT2D eigenvalue weighted by molar-refractivity contribution is 1.18. The van der Waals surface area contributed by atoms with E-state index in [9.17, 15) is 0 Å². The van der Waals surface area contributed by atoms with Crippen LogP contribution in [0.3, 0.4) is 0 Å². The normalized spacial score (nSPS) is 12.2. The molecule has 0 spiro atoms. The quantitative estimate of drug-likeness (QED) is 0.196. The van der Waals surface area contributed by atoms with Gasteiger partial charge >= 0.3 is 0 Å². The van der Waals surface area contributed by atoms with Gasteiger partial charge in [-0.05, 0) is 114 Å². The number of para-hydroxylation sites is 2. The van der Waals surface area contributed by atoms with Gasteiger partial charge in [-0.2, -0.15) is 0 Å². The zero-order valence-electron chi connectivity index (χ0n) is 26.6. The topological polar surface area (TPSA) is 48.0 Å². The summed E-state index contributed by atoms with van der Waals surface area (Å²) in [4.78, 5) is 14.2. The summed E-state index contributed by atoms with van der Waals surface area (Å²) in [7, 11) is 0. The molecule has 6 heterocycles. The van der Waals surface area contributed by atoms with Crippen LogP contribution in [0.1, 0.15) is 5.69 Å². The Bertz CT molecular complexity index is 3110. The van der Waals surface area contributed by atoms with Crippen molar-refractivity contribution in [1.82, 2.24) is 23.9 Å². The van der Waals surface area contributed by atoms with Crippen molar-refractivity contribution in [1.29, 1.82) is 0 Å². The third-order valence-electron chi connectivity index (χ3n) is 10.2. The maximum Gasteiger partial charge on any atom is 0.159 e. The van der Waals surface area contributed by atoms with Gasteiger partial charge in [0.05, 0.1) is 33.1 Å². The highest BCUT2D eigenvalue weighted by Crippen LogP contribution is 2.44. The summed E-state index contributed by atoms with van der Waals surface area (Å²) < 4.78 is 4.76. The van der Waals surface area contributed by atoms with Crippen LogP contribution in [0.25, 0.3) is 99.0 Å². The van der Waals surface area contributed by atoms with Crippen molar-refractivity contribution in [2.75, 3.05) is 0 Å². The van der Waals surface area contributed by atoms with Crippen molar-refractivity contribution in [3.8, 4) is 27.9 Å². The van der Waals surface area contributed by atoms with E-state index in [2.05, 4.69) is 135 Å². The van der Waals surface area contributed by atoms with Crippen molar-refractivity contribution < 1.29 is 0 Å². The molecule has 228 valence electrons. The van der Waals surface area contributed by atoms with Crippen molar-refractivity contribution in [3.63, 3.8) is 0 Å². The maximum atomic E-state index is 4.88. The van der Waals surface area contributed by atoms with E-state index in [1.807, 2.05) is 31.5 Å². The molecule has 0 aliphatic heterocycles. The molecule has 0 amide bonds. The Balaban J connectivity index is 1.20. The van der Waals surface area contributed by atoms with Crippen LogP contribution < -0.4 is 0 Å². The highest BCUT2D eigenvalue weighted by Gasteiger charge is 2.21. The molecule has 11 aromatic rings. The molecule has 49 heavy (non-hydrogen) atoms. The Kier molecular flexibility index (Phi) is 5.25. The Morgan fingerprint density at radius 2 is 1.14 bits per heavy atom. The van der Waals surface area contributed by atoms with Gasteiger partial charge in [0, 0.05) is 56.1 Å². The van der Waals surface area contributed by atoms with Crippen LogP contribution in [-0.2, 0) is 0 Å². The second kappa shape index (κ2) is 9.72. The molecule has 0 radical (unpaired) electrons. The number of hydrogen-bond acceptors (Lipinski definition) is 3. The number of fused-ring (bicyclic) bond motifs is 10. The first-order valence-corrected chi connectivity index (χ1v) is 16.6. The molecular formula is C44H27N5. The SMILES string of the molecule is Cc1cc(-c2ccc3c(c2)c2cc(-c4ccc5c(c4)c4ncccc4n5-c4ccccc4)cc4c5ccccc5n3c42)c2cccnc2n1. The minimum atomic E-state index is 0.776. The van der Waals surface area contributed by atoms with Crippen molar-refractivity contribution in [3.05, 3.63) is 152 Å². The second-order valence-corrected chi connectivity index (χ2v) is 13.0. The van der Waals surface area contributed by atoms with Gasteiger partial charge in [-0.15, -0.1) is 0 Å². The summed E-state index contributed by atoms with van der Waals surface area (Å²) in [6.45, 7) is 2.04. The molecule has 0 fully saturated rings. The van der Waals surface area contributed by atoms with Crippen LogP contribution in [0.4, 0.5) is 0 Å². The molecule has 11 rings (SSSR count). The first-order chi connectivity index (χ1) is 24.2. The number of nitrogens with zero attached hydrogens (tertiary/aromatic N) is 5. The monoisotopic (exact) mass is 625 g/mol. The van der Waals surface area contributed by atoms with E-state index in [-0.39, 0.29) is 0 Å². The number of pyridine rings is 3. The van der Waals surface area contributed by atoms with Gasteiger partial charge in [-0.25, -0.2) is 9.97 Å². The molecule has 5 aromatic carbocycles. The minimum Gasteiger partial charge on any atom is -0.308 e. The van der Waals surface area contributed by atoms with Crippen molar-refractivity contribution in [2.45, 2.75) is 6.92 Å². The summed E-state index contributed by atoms with van der Waals surface area (Å²) in [5, 5.41) is 7.22. The predicted molar refractivity (Wildman–Crippen MR) is 202 cm³/mol. The zero-order chi connectivity index (χ0) is 32.2. The molecule has 0 unspecified atom stereocenters. The lowest BCUT2D eigenvalue weighted by atomic mass is 9.96. The molecule has 0 N–H and O–H groups in total. The predicted octanol–water partition coefficient (Wildman–Crippen LogP) is 10.9. The van der Waals surface area contributed by atoms with Crippen molar-refractivity contribution in [2.24, 2.45) is 0 Å². The number of aromatic nitrogens is 5. The second-order valence-electron chi connectivity index (χ2n) is 13.0. The summed E-state index contributed by atoms with van der Waals surface area (Å²) in [6.07, 6.45) is 3.71. The molecule has 0 saturated heterocycles. The number of benzene rings is 5. The van der Waals surface area contributed by atoms with E-state index in [0.29, 0.717) is 0 Å². The van der Waals surface area contributed by atoms with Gasteiger partial charge in [0.1, 0.15) is 0 Å². The third kappa shape index (κ3) is 3.67. The fourth-order valence-electron chi connectivity index (χ4n) is 8.13. The van der Waals surface area contributed by atoms with Crippen LogP contribution in [0.15, 0.2) is 146 Å². The number of hydrogen-bond donors (Lipinski definition) is 0. The van der Waals surface area contributed by atoms with E-state index in [0.717, 1.165) is 55.5 Å². The molecular weight excluding hydrogens is 599 g/mol. The molecule has 5 nitrogen and oxygen atoms in total. The minimum absolute atomic E-state index is 0.776. The lowest BCUT2D eigenvalue weighted by Crippen LogP contribution is -1.93. The Hall–Kier alpha value is -6.59. The summed E-state index contributed by atoms with van der Waals surface area (Å²) >= 11 is 0. The van der Waals surface area contributed by atoms with Gasteiger partial charge in [0.25, 0.3) is 0 Å². The van der Waals surface area contributed by atoms with Gasteiger partial charge in [-0.1, -0.05) is 48.5 Å². The van der Waals surface area contributed by atoms with Gasteiger partial charge < -0.3 is 8.97 Å². The zero-order valence-corrected chi connectivity index (χ0v) is 26.6. The molecule has 0 aliphatic rings. The summed E-state index contributed by atoms with van der Waals surface area (Å²) in [6, 6.07) is 48.3. The van der Waals surface area contributed by atoms with Crippen LogP contribution in [0, 0.1) is 6.92 Å². The van der Waals surface area contributed by atoms with Gasteiger partial charge in [-0.3, -0.25) is 4.98 Å². The highest BCUT2D eigenvalue weighted by molar-refractivity contribution is 6.25. The highest BCUT2D eigenvalue weighted by atomic mass is 15.0. The molecule has 5 heteroatoms. The van der Waals surface area contributed by atoms with E-state index in [4.69, 9.17) is 9.97 Å².